The summed E-state index contributed by atoms with van der Waals surface area (Å²) in [4.78, 5) is 0. The Bertz CT molecular complexity index is 283. The van der Waals surface area contributed by atoms with E-state index in [2.05, 4.69) is 15.9 Å². The summed E-state index contributed by atoms with van der Waals surface area (Å²) in [7, 11) is 0. The molecule has 0 amide bonds. The molecule has 1 saturated heterocycles. The third kappa shape index (κ3) is 2.10. The molecule has 1 heterocycles. The number of halogens is 1. The Kier molecular flexibility index (Phi) is 2.67. The highest BCUT2D eigenvalue weighted by molar-refractivity contribution is 9.10. The van der Waals surface area contributed by atoms with Gasteiger partial charge in [-0.25, -0.2) is 0 Å². The molecule has 1 aliphatic rings. The van der Waals surface area contributed by atoms with Crippen molar-refractivity contribution >= 4 is 15.9 Å². The van der Waals surface area contributed by atoms with E-state index in [1.807, 2.05) is 31.2 Å². The molecular formula is C10H11BrO2. The number of hydrogen-bond acceptors (Lipinski definition) is 2. The van der Waals surface area contributed by atoms with E-state index in [1.165, 1.54) is 0 Å². The van der Waals surface area contributed by atoms with Gasteiger partial charge in [-0.05, 0) is 19.1 Å². The maximum atomic E-state index is 5.55. The Morgan fingerprint density at radius 3 is 2.54 bits per heavy atom. The summed E-state index contributed by atoms with van der Waals surface area (Å²) in [5, 5.41) is 0. The summed E-state index contributed by atoms with van der Waals surface area (Å²) in [6.07, 6.45) is 0.0248. The number of rotatable bonds is 1. The Morgan fingerprint density at radius 1 is 1.31 bits per heavy atom. The number of benzene rings is 1. The molecular weight excluding hydrogens is 232 g/mol. The van der Waals surface area contributed by atoms with Crippen LogP contribution in [0.15, 0.2) is 28.7 Å². The largest absolute Gasteiger partial charge is 0.346 e. The van der Waals surface area contributed by atoms with Crippen LogP contribution in [0.2, 0.25) is 0 Å². The zero-order valence-electron chi connectivity index (χ0n) is 7.37. The smallest absolute Gasteiger partial charge is 0.184 e. The molecule has 2 nitrogen and oxygen atoms in total. The molecule has 1 fully saturated rings. The molecule has 1 aliphatic heterocycles. The molecule has 0 spiro atoms. The molecule has 3 heteroatoms. The van der Waals surface area contributed by atoms with Gasteiger partial charge >= 0.3 is 0 Å². The van der Waals surface area contributed by atoms with E-state index in [-0.39, 0.29) is 12.4 Å². The van der Waals surface area contributed by atoms with Crippen LogP contribution < -0.4 is 0 Å². The lowest BCUT2D eigenvalue weighted by Crippen LogP contribution is -2.02. The summed E-state index contributed by atoms with van der Waals surface area (Å²) in [5.41, 5.74) is 1.08. The molecule has 13 heavy (non-hydrogen) atoms. The SMILES string of the molecule is C[C@@H]1CO[C@@H](c2ccc(Br)cc2)O1. The van der Waals surface area contributed by atoms with Crippen LogP contribution in [-0.2, 0) is 9.47 Å². The van der Waals surface area contributed by atoms with Crippen molar-refractivity contribution in [1.29, 1.82) is 0 Å². The van der Waals surface area contributed by atoms with Gasteiger partial charge in [-0.2, -0.15) is 0 Å². The first kappa shape index (κ1) is 9.19. The Balaban J connectivity index is 2.13. The van der Waals surface area contributed by atoms with Crippen molar-refractivity contribution in [2.45, 2.75) is 19.3 Å². The maximum Gasteiger partial charge on any atom is 0.184 e. The van der Waals surface area contributed by atoms with Crippen LogP contribution in [0.4, 0.5) is 0 Å². The molecule has 0 radical (unpaired) electrons. The Hall–Kier alpha value is -0.380. The molecule has 0 aromatic heterocycles. The van der Waals surface area contributed by atoms with E-state index in [0.29, 0.717) is 6.61 Å². The highest BCUT2D eigenvalue weighted by atomic mass is 79.9. The first-order valence-electron chi connectivity index (χ1n) is 4.28. The predicted molar refractivity (Wildman–Crippen MR) is 53.4 cm³/mol. The molecule has 2 atom stereocenters. The van der Waals surface area contributed by atoms with Gasteiger partial charge in [0.25, 0.3) is 0 Å². The summed E-state index contributed by atoms with van der Waals surface area (Å²) in [6.45, 7) is 2.69. The summed E-state index contributed by atoms with van der Waals surface area (Å²) in [5.74, 6) is 0. The van der Waals surface area contributed by atoms with Gasteiger partial charge in [0.15, 0.2) is 6.29 Å². The van der Waals surface area contributed by atoms with Crippen LogP contribution in [0, 0.1) is 0 Å². The van der Waals surface area contributed by atoms with Gasteiger partial charge in [0, 0.05) is 10.0 Å². The van der Waals surface area contributed by atoms with Crippen LogP contribution in [0.3, 0.4) is 0 Å². The van der Waals surface area contributed by atoms with Crippen molar-refractivity contribution in [2.24, 2.45) is 0 Å². The van der Waals surface area contributed by atoms with Gasteiger partial charge in [-0.1, -0.05) is 28.1 Å². The normalized spacial score (nSPS) is 27.8. The topological polar surface area (TPSA) is 18.5 Å². The second-order valence-electron chi connectivity index (χ2n) is 3.16. The molecule has 0 aliphatic carbocycles. The minimum absolute atomic E-state index is 0.178. The van der Waals surface area contributed by atoms with E-state index in [1.54, 1.807) is 0 Å². The van der Waals surface area contributed by atoms with Crippen molar-refractivity contribution in [3.63, 3.8) is 0 Å². The second kappa shape index (κ2) is 3.78. The first-order valence-corrected chi connectivity index (χ1v) is 5.07. The van der Waals surface area contributed by atoms with Crippen molar-refractivity contribution < 1.29 is 9.47 Å². The van der Waals surface area contributed by atoms with Crippen LogP contribution in [0.1, 0.15) is 18.8 Å². The molecule has 0 unspecified atom stereocenters. The summed E-state index contributed by atoms with van der Waals surface area (Å²) >= 11 is 3.38. The average Bonchev–Trinajstić information content (AvgIpc) is 2.53. The minimum Gasteiger partial charge on any atom is -0.346 e. The quantitative estimate of drug-likeness (QED) is 0.755. The number of ether oxygens (including phenoxy) is 2. The van der Waals surface area contributed by atoms with Crippen LogP contribution in [0.5, 0.6) is 0 Å². The van der Waals surface area contributed by atoms with Gasteiger partial charge in [-0.3, -0.25) is 0 Å². The minimum atomic E-state index is -0.178. The van der Waals surface area contributed by atoms with Gasteiger partial charge < -0.3 is 9.47 Å². The van der Waals surface area contributed by atoms with Gasteiger partial charge in [-0.15, -0.1) is 0 Å². The zero-order valence-corrected chi connectivity index (χ0v) is 8.95. The Labute approximate surface area is 86.0 Å². The summed E-state index contributed by atoms with van der Waals surface area (Å²) in [6, 6.07) is 8.00. The first-order chi connectivity index (χ1) is 6.25. The van der Waals surface area contributed by atoms with E-state index in [9.17, 15) is 0 Å². The Morgan fingerprint density at radius 2 is 2.00 bits per heavy atom. The average molecular weight is 243 g/mol. The molecule has 2 rings (SSSR count). The monoisotopic (exact) mass is 242 g/mol. The lowest BCUT2D eigenvalue weighted by molar-refractivity contribution is -0.0572. The fraction of sp³-hybridized carbons (Fsp3) is 0.400. The van der Waals surface area contributed by atoms with Crippen molar-refractivity contribution in [2.75, 3.05) is 6.61 Å². The van der Waals surface area contributed by atoms with E-state index < -0.39 is 0 Å². The maximum absolute atomic E-state index is 5.55. The second-order valence-corrected chi connectivity index (χ2v) is 4.08. The van der Waals surface area contributed by atoms with Gasteiger partial charge in [0.2, 0.25) is 0 Å². The highest BCUT2D eigenvalue weighted by Crippen LogP contribution is 2.27. The molecule has 70 valence electrons. The van der Waals surface area contributed by atoms with Crippen LogP contribution in [0.25, 0.3) is 0 Å². The van der Waals surface area contributed by atoms with Crippen molar-refractivity contribution in [3.8, 4) is 0 Å². The standard InChI is InChI=1S/C10H11BrO2/c1-7-6-12-10(13-7)8-2-4-9(11)5-3-8/h2-5,7,10H,6H2,1H3/t7-,10-/m1/s1. The molecule has 1 aromatic rings. The van der Waals surface area contributed by atoms with Crippen molar-refractivity contribution in [3.05, 3.63) is 34.3 Å². The highest BCUT2D eigenvalue weighted by Gasteiger charge is 2.23. The lowest BCUT2D eigenvalue weighted by atomic mass is 10.2. The molecule has 1 aromatic carbocycles. The predicted octanol–water partition coefficient (Wildman–Crippen LogP) is 2.88. The fourth-order valence-corrected chi connectivity index (χ4v) is 1.57. The van der Waals surface area contributed by atoms with E-state index in [0.717, 1.165) is 10.0 Å². The lowest BCUT2D eigenvalue weighted by Gasteiger charge is -2.09. The van der Waals surface area contributed by atoms with E-state index >= 15 is 0 Å². The van der Waals surface area contributed by atoms with Gasteiger partial charge in [0.1, 0.15) is 0 Å². The van der Waals surface area contributed by atoms with Crippen LogP contribution in [-0.4, -0.2) is 12.7 Å². The van der Waals surface area contributed by atoms with E-state index in [4.69, 9.17) is 9.47 Å². The molecule has 0 bridgehead atoms. The van der Waals surface area contributed by atoms with Crippen LogP contribution >= 0.6 is 15.9 Å². The summed E-state index contributed by atoms with van der Waals surface area (Å²) < 4.78 is 12.1. The molecule has 0 N–H and O–H groups in total. The third-order valence-corrected chi connectivity index (χ3v) is 2.51. The van der Waals surface area contributed by atoms with Crippen molar-refractivity contribution in [1.82, 2.24) is 0 Å². The fourth-order valence-electron chi connectivity index (χ4n) is 1.31. The molecule has 0 saturated carbocycles. The number of hydrogen-bond donors (Lipinski definition) is 0. The third-order valence-electron chi connectivity index (χ3n) is 1.98. The van der Waals surface area contributed by atoms with Gasteiger partial charge in [0.05, 0.1) is 12.7 Å². The zero-order chi connectivity index (χ0) is 9.26.